The van der Waals surface area contributed by atoms with E-state index in [1.165, 1.54) is 0 Å². The van der Waals surface area contributed by atoms with E-state index in [9.17, 15) is 9.59 Å². The molecular weight excluding hydrogens is 268 g/mol. The molecule has 1 aromatic carbocycles. The zero-order valence-electron chi connectivity index (χ0n) is 12.4. The number of carbonyl (C=O) groups excluding carboxylic acids is 2. The van der Waals surface area contributed by atoms with Gasteiger partial charge in [-0.15, -0.1) is 0 Å². The lowest BCUT2D eigenvalue weighted by molar-refractivity contribution is -0.118. The second-order valence-electron chi connectivity index (χ2n) is 5.33. The van der Waals surface area contributed by atoms with Crippen LogP contribution in [0.5, 0.6) is 0 Å². The Morgan fingerprint density at radius 1 is 1.52 bits per heavy atom. The normalized spacial score (nSPS) is 17.3. The maximum Gasteiger partial charge on any atom is 0.321 e. The fraction of sp³-hybridized carbons (Fsp3) is 0.467. The van der Waals surface area contributed by atoms with Crippen molar-refractivity contribution in [2.75, 3.05) is 23.3 Å². The van der Waals surface area contributed by atoms with Crippen molar-refractivity contribution in [1.82, 2.24) is 5.32 Å². The van der Waals surface area contributed by atoms with Crippen molar-refractivity contribution in [3.8, 4) is 0 Å². The van der Waals surface area contributed by atoms with Crippen LogP contribution in [0.3, 0.4) is 0 Å². The molecule has 1 aromatic rings. The fourth-order valence-electron chi connectivity index (χ4n) is 2.21. The Bertz CT molecular complexity index is 532. The van der Waals surface area contributed by atoms with Crippen molar-refractivity contribution >= 4 is 23.3 Å². The van der Waals surface area contributed by atoms with Crippen LogP contribution >= 0.6 is 0 Å². The monoisotopic (exact) mass is 290 g/mol. The Morgan fingerprint density at radius 3 is 2.90 bits per heavy atom. The van der Waals surface area contributed by atoms with Crippen molar-refractivity contribution in [2.24, 2.45) is 11.7 Å². The van der Waals surface area contributed by atoms with Gasteiger partial charge in [-0.2, -0.15) is 0 Å². The van der Waals surface area contributed by atoms with E-state index >= 15 is 0 Å². The third-order valence-corrected chi connectivity index (χ3v) is 3.84. The second kappa shape index (κ2) is 6.58. The number of rotatable bonds is 5. The molecule has 2 atom stereocenters. The molecular formula is C15H22N4O2. The molecule has 0 spiro atoms. The second-order valence-corrected chi connectivity index (χ2v) is 5.33. The van der Waals surface area contributed by atoms with Crippen LogP contribution in [-0.4, -0.2) is 31.1 Å². The van der Waals surface area contributed by atoms with Gasteiger partial charge in [0, 0.05) is 24.5 Å². The van der Waals surface area contributed by atoms with Crippen LogP contribution in [0.25, 0.3) is 0 Å². The van der Waals surface area contributed by atoms with Gasteiger partial charge in [0.1, 0.15) is 0 Å². The van der Waals surface area contributed by atoms with Crippen molar-refractivity contribution in [2.45, 2.75) is 26.3 Å². The lowest BCUT2D eigenvalue weighted by Crippen LogP contribution is -2.40. The summed E-state index contributed by atoms with van der Waals surface area (Å²) >= 11 is 0. The van der Waals surface area contributed by atoms with Crippen LogP contribution in [0.15, 0.2) is 24.3 Å². The molecule has 0 saturated carbocycles. The van der Waals surface area contributed by atoms with Crippen molar-refractivity contribution < 1.29 is 9.59 Å². The molecule has 3 amide bonds. The maximum atomic E-state index is 12.1. The third-order valence-electron chi connectivity index (χ3n) is 3.84. The summed E-state index contributed by atoms with van der Waals surface area (Å²) in [5.41, 5.74) is 7.33. The summed E-state index contributed by atoms with van der Waals surface area (Å²) in [7, 11) is 0. The van der Waals surface area contributed by atoms with E-state index < -0.39 is 6.04 Å². The summed E-state index contributed by atoms with van der Waals surface area (Å²) in [5, 5.41) is 5.56. The molecule has 6 nitrogen and oxygen atoms in total. The minimum Gasteiger partial charge on any atom is -0.336 e. The van der Waals surface area contributed by atoms with E-state index in [2.05, 4.69) is 10.6 Å². The Kier molecular flexibility index (Phi) is 4.80. The average Bonchev–Trinajstić information content (AvgIpc) is 2.92. The van der Waals surface area contributed by atoms with Gasteiger partial charge in [-0.25, -0.2) is 4.79 Å². The third kappa shape index (κ3) is 3.52. The Balaban J connectivity index is 2.07. The van der Waals surface area contributed by atoms with E-state index in [1.807, 2.05) is 26.0 Å². The number of nitrogens with zero attached hydrogens (tertiary/aromatic N) is 1. The van der Waals surface area contributed by atoms with Crippen LogP contribution < -0.4 is 21.3 Å². The molecule has 0 radical (unpaired) electrons. The Labute approximate surface area is 124 Å². The number of carbonyl (C=O) groups is 2. The molecule has 1 heterocycles. The smallest absolute Gasteiger partial charge is 0.321 e. The standard InChI is InChI=1S/C15H22N4O2/c1-3-10(2)13(16)14(20)18-11-5-4-6-12(9-11)19-8-7-17-15(19)21/h4-6,9-10,13H,3,7-8,16H2,1-2H3,(H,17,21)(H,18,20)/t10-,13-/m0/s1. The molecule has 0 bridgehead atoms. The van der Waals surface area contributed by atoms with E-state index in [-0.39, 0.29) is 17.9 Å². The number of benzene rings is 1. The van der Waals surface area contributed by atoms with E-state index in [0.29, 0.717) is 18.8 Å². The van der Waals surface area contributed by atoms with Crippen molar-refractivity contribution in [1.29, 1.82) is 0 Å². The SMILES string of the molecule is CC[C@H](C)[C@H](N)C(=O)Nc1cccc(N2CCNC2=O)c1. The molecule has 2 rings (SSSR count). The van der Waals surface area contributed by atoms with Gasteiger partial charge in [0.2, 0.25) is 5.91 Å². The van der Waals surface area contributed by atoms with Crippen LogP contribution in [0.4, 0.5) is 16.2 Å². The number of nitrogens with two attached hydrogens (primary N) is 1. The summed E-state index contributed by atoms with van der Waals surface area (Å²) in [6.07, 6.45) is 0.850. The molecule has 1 fully saturated rings. The van der Waals surface area contributed by atoms with Gasteiger partial charge < -0.3 is 16.4 Å². The zero-order chi connectivity index (χ0) is 15.4. The minimum atomic E-state index is -0.534. The molecule has 21 heavy (non-hydrogen) atoms. The van der Waals surface area contributed by atoms with Crippen LogP contribution in [0, 0.1) is 5.92 Å². The van der Waals surface area contributed by atoms with Gasteiger partial charge in [0.05, 0.1) is 6.04 Å². The highest BCUT2D eigenvalue weighted by molar-refractivity contribution is 5.97. The lowest BCUT2D eigenvalue weighted by Gasteiger charge is -2.19. The predicted molar refractivity (Wildman–Crippen MR) is 83.2 cm³/mol. The van der Waals surface area contributed by atoms with Crippen LogP contribution in [0.2, 0.25) is 0 Å². The molecule has 6 heteroatoms. The number of anilines is 2. The number of nitrogens with one attached hydrogen (secondary N) is 2. The van der Waals surface area contributed by atoms with Crippen molar-refractivity contribution in [3.05, 3.63) is 24.3 Å². The van der Waals surface area contributed by atoms with Gasteiger partial charge in [0.25, 0.3) is 0 Å². The zero-order valence-corrected chi connectivity index (χ0v) is 12.4. The summed E-state index contributed by atoms with van der Waals surface area (Å²) < 4.78 is 0. The molecule has 0 aromatic heterocycles. The molecule has 1 aliphatic heterocycles. The first kappa shape index (κ1) is 15.3. The molecule has 1 aliphatic rings. The van der Waals surface area contributed by atoms with Crippen LogP contribution in [-0.2, 0) is 4.79 Å². The molecule has 114 valence electrons. The summed E-state index contributed by atoms with van der Waals surface area (Å²) in [6.45, 7) is 5.22. The lowest BCUT2D eigenvalue weighted by atomic mass is 9.99. The number of urea groups is 1. The molecule has 0 unspecified atom stereocenters. The molecule has 1 saturated heterocycles. The summed E-state index contributed by atoms with van der Waals surface area (Å²) in [6, 6.07) is 6.58. The van der Waals surface area contributed by atoms with Gasteiger partial charge in [-0.1, -0.05) is 26.3 Å². The van der Waals surface area contributed by atoms with E-state index in [4.69, 9.17) is 5.73 Å². The largest absolute Gasteiger partial charge is 0.336 e. The summed E-state index contributed by atoms with van der Waals surface area (Å²) in [5.74, 6) is -0.0788. The highest BCUT2D eigenvalue weighted by Crippen LogP contribution is 2.21. The van der Waals surface area contributed by atoms with Gasteiger partial charge in [0.15, 0.2) is 0 Å². The first-order valence-corrected chi connectivity index (χ1v) is 7.24. The maximum absolute atomic E-state index is 12.1. The highest BCUT2D eigenvalue weighted by atomic mass is 16.2. The Morgan fingerprint density at radius 2 is 2.29 bits per heavy atom. The van der Waals surface area contributed by atoms with E-state index in [1.54, 1.807) is 17.0 Å². The molecule has 4 N–H and O–H groups in total. The molecule has 0 aliphatic carbocycles. The minimum absolute atomic E-state index is 0.116. The van der Waals surface area contributed by atoms with Crippen LogP contribution in [0.1, 0.15) is 20.3 Å². The number of hydrogen-bond donors (Lipinski definition) is 3. The quantitative estimate of drug-likeness (QED) is 0.768. The van der Waals surface area contributed by atoms with Gasteiger partial charge >= 0.3 is 6.03 Å². The first-order valence-electron chi connectivity index (χ1n) is 7.24. The van der Waals surface area contributed by atoms with Gasteiger partial charge in [-0.05, 0) is 24.1 Å². The van der Waals surface area contributed by atoms with Gasteiger partial charge in [-0.3, -0.25) is 9.69 Å². The number of amides is 3. The average molecular weight is 290 g/mol. The fourth-order valence-corrected chi connectivity index (χ4v) is 2.21. The first-order chi connectivity index (χ1) is 10.0. The van der Waals surface area contributed by atoms with Crippen molar-refractivity contribution in [3.63, 3.8) is 0 Å². The number of hydrogen-bond acceptors (Lipinski definition) is 3. The highest BCUT2D eigenvalue weighted by Gasteiger charge is 2.22. The summed E-state index contributed by atoms with van der Waals surface area (Å²) in [4.78, 5) is 25.4. The van der Waals surface area contributed by atoms with E-state index in [0.717, 1.165) is 12.1 Å². The predicted octanol–water partition coefficient (Wildman–Crippen LogP) is 1.53. The Hall–Kier alpha value is -2.08. The topological polar surface area (TPSA) is 87.5 Å².